The molecule has 0 saturated heterocycles. The first-order chi connectivity index (χ1) is 12.5. The largest absolute Gasteiger partial charge is 0.337 e. The molecule has 0 fully saturated rings. The van der Waals surface area contributed by atoms with Gasteiger partial charge in [-0.2, -0.15) is 0 Å². The molecule has 1 aromatic heterocycles. The number of benzene rings is 2. The number of nitrogens with zero attached hydrogens (tertiary/aromatic N) is 4. The van der Waals surface area contributed by atoms with Gasteiger partial charge in [0, 0.05) is 37.6 Å². The fourth-order valence-electron chi connectivity index (χ4n) is 2.62. The van der Waals surface area contributed by atoms with E-state index in [1.807, 2.05) is 0 Å². The van der Waals surface area contributed by atoms with E-state index in [2.05, 4.69) is 4.98 Å². The zero-order valence-electron chi connectivity index (χ0n) is 13.9. The number of rotatable bonds is 5. The Bertz CT molecular complexity index is 957. The number of hydrogen-bond acceptors (Lipinski definition) is 4. The quantitative estimate of drug-likeness (QED) is 0.520. The maximum atomic E-state index is 13.3. The van der Waals surface area contributed by atoms with Crippen molar-refractivity contribution in [3.8, 4) is 5.69 Å². The fraction of sp³-hybridized carbons (Fsp3) is 0.111. The minimum atomic E-state index is -0.543. The Hall–Kier alpha value is -3.55. The molecule has 0 spiro atoms. The van der Waals surface area contributed by atoms with Crippen molar-refractivity contribution >= 4 is 11.6 Å². The first kappa shape index (κ1) is 17.3. The normalized spacial score (nSPS) is 10.5. The summed E-state index contributed by atoms with van der Waals surface area (Å²) in [6.07, 6.45) is 4.54. The molecule has 3 rings (SSSR count). The molecule has 26 heavy (non-hydrogen) atoms. The molecule has 0 aliphatic rings. The molecule has 0 atom stereocenters. The Morgan fingerprint density at radius 1 is 1.31 bits per heavy atom. The van der Waals surface area contributed by atoms with Gasteiger partial charge in [-0.05, 0) is 29.8 Å². The van der Waals surface area contributed by atoms with Crippen molar-refractivity contribution in [1.29, 1.82) is 0 Å². The lowest BCUT2D eigenvalue weighted by Crippen LogP contribution is -2.26. The summed E-state index contributed by atoms with van der Waals surface area (Å²) in [5, 5.41) is 11.4. The summed E-state index contributed by atoms with van der Waals surface area (Å²) in [7, 11) is 1.56. The zero-order valence-corrected chi connectivity index (χ0v) is 13.9. The molecule has 1 heterocycles. The van der Waals surface area contributed by atoms with Crippen LogP contribution in [0.1, 0.15) is 15.9 Å². The third-order valence-electron chi connectivity index (χ3n) is 3.86. The first-order valence-corrected chi connectivity index (χ1v) is 7.72. The molecule has 3 aromatic rings. The van der Waals surface area contributed by atoms with Gasteiger partial charge >= 0.3 is 0 Å². The Balaban J connectivity index is 1.87. The average molecular weight is 354 g/mol. The number of halogens is 1. The highest BCUT2D eigenvalue weighted by molar-refractivity contribution is 5.95. The average Bonchev–Trinajstić information content (AvgIpc) is 3.15. The van der Waals surface area contributed by atoms with E-state index in [4.69, 9.17) is 0 Å². The van der Waals surface area contributed by atoms with E-state index in [0.717, 1.165) is 0 Å². The molecular weight excluding hydrogens is 339 g/mol. The van der Waals surface area contributed by atoms with Crippen LogP contribution < -0.4 is 0 Å². The maximum absolute atomic E-state index is 13.3. The summed E-state index contributed by atoms with van der Waals surface area (Å²) >= 11 is 0. The lowest BCUT2D eigenvalue weighted by molar-refractivity contribution is -0.384. The second-order valence-corrected chi connectivity index (χ2v) is 5.72. The second-order valence-electron chi connectivity index (χ2n) is 5.72. The third-order valence-corrected chi connectivity index (χ3v) is 3.86. The van der Waals surface area contributed by atoms with Crippen molar-refractivity contribution in [2.24, 2.45) is 0 Å². The molecule has 1 amide bonds. The highest BCUT2D eigenvalue weighted by atomic mass is 19.1. The number of amides is 1. The van der Waals surface area contributed by atoms with Crippen LogP contribution in [-0.4, -0.2) is 32.3 Å². The van der Waals surface area contributed by atoms with Gasteiger partial charge in [0.05, 0.1) is 11.3 Å². The molecule has 0 N–H and O–H groups in total. The van der Waals surface area contributed by atoms with Gasteiger partial charge in [-0.3, -0.25) is 14.9 Å². The van der Waals surface area contributed by atoms with E-state index in [1.165, 1.54) is 52.3 Å². The summed E-state index contributed by atoms with van der Waals surface area (Å²) in [6, 6.07) is 10.2. The van der Waals surface area contributed by atoms with E-state index in [1.54, 1.807) is 25.4 Å². The van der Waals surface area contributed by atoms with E-state index < -0.39 is 10.8 Å². The van der Waals surface area contributed by atoms with Crippen molar-refractivity contribution in [2.75, 3.05) is 7.05 Å². The second kappa shape index (κ2) is 7.14. The number of nitro groups is 1. The van der Waals surface area contributed by atoms with Gasteiger partial charge in [-0.1, -0.05) is 12.1 Å². The number of aromatic nitrogens is 2. The number of carbonyl (C=O) groups is 1. The number of hydrogen-bond donors (Lipinski definition) is 0. The molecule has 0 unspecified atom stereocenters. The predicted octanol–water partition coefficient (Wildman–Crippen LogP) is 3.19. The van der Waals surface area contributed by atoms with E-state index in [-0.39, 0.29) is 23.6 Å². The summed E-state index contributed by atoms with van der Waals surface area (Å²) in [6.45, 7) is 0.188. The summed E-state index contributed by atoms with van der Waals surface area (Å²) in [4.78, 5) is 28.7. The SMILES string of the molecule is CN(Cc1cccc(F)c1)C(=O)c1ccc(-n2ccnc2)c([N+](=O)[O-])c1. The lowest BCUT2D eigenvalue weighted by Gasteiger charge is -2.17. The van der Waals surface area contributed by atoms with E-state index in [9.17, 15) is 19.3 Å². The van der Waals surface area contributed by atoms with Crippen molar-refractivity contribution in [1.82, 2.24) is 14.5 Å². The van der Waals surface area contributed by atoms with Gasteiger partial charge in [0.2, 0.25) is 0 Å². The Morgan fingerprint density at radius 2 is 2.12 bits per heavy atom. The molecule has 7 nitrogen and oxygen atoms in total. The highest BCUT2D eigenvalue weighted by Crippen LogP contribution is 2.25. The monoisotopic (exact) mass is 354 g/mol. The van der Waals surface area contributed by atoms with Gasteiger partial charge in [-0.25, -0.2) is 9.37 Å². The molecule has 8 heteroatoms. The zero-order chi connectivity index (χ0) is 18.7. The molecular formula is C18H15FN4O3. The van der Waals surface area contributed by atoms with Crippen LogP contribution in [0.5, 0.6) is 0 Å². The Kier molecular flexibility index (Phi) is 4.74. The third kappa shape index (κ3) is 3.59. The van der Waals surface area contributed by atoms with Gasteiger partial charge in [0.15, 0.2) is 0 Å². The van der Waals surface area contributed by atoms with Crippen molar-refractivity contribution in [3.63, 3.8) is 0 Å². The fourth-order valence-corrected chi connectivity index (χ4v) is 2.62. The van der Waals surface area contributed by atoms with Crippen LogP contribution in [0.2, 0.25) is 0 Å². The molecule has 0 saturated carbocycles. The van der Waals surface area contributed by atoms with Gasteiger partial charge < -0.3 is 9.47 Å². The summed E-state index contributed by atoms with van der Waals surface area (Å²) in [5.41, 5.74) is 0.926. The van der Waals surface area contributed by atoms with Crippen molar-refractivity contribution in [3.05, 3.63) is 88.2 Å². The standard InChI is InChI=1S/C18H15FN4O3/c1-21(11-13-3-2-4-15(19)9-13)18(24)14-5-6-16(17(10-14)23(25)26)22-8-7-20-12-22/h2-10,12H,11H2,1H3. The van der Waals surface area contributed by atoms with Crippen LogP contribution in [0.25, 0.3) is 5.69 Å². The van der Waals surface area contributed by atoms with Crippen LogP contribution in [-0.2, 0) is 6.54 Å². The van der Waals surface area contributed by atoms with Crippen molar-refractivity contribution < 1.29 is 14.1 Å². The van der Waals surface area contributed by atoms with E-state index in [0.29, 0.717) is 11.3 Å². The predicted molar refractivity (Wildman–Crippen MR) is 92.4 cm³/mol. The molecule has 0 aliphatic heterocycles. The lowest BCUT2D eigenvalue weighted by atomic mass is 10.1. The van der Waals surface area contributed by atoms with Gasteiger partial charge in [0.25, 0.3) is 11.6 Å². The van der Waals surface area contributed by atoms with E-state index >= 15 is 0 Å². The van der Waals surface area contributed by atoms with Crippen LogP contribution in [0.15, 0.2) is 61.2 Å². The first-order valence-electron chi connectivity index (χ1n) is 7.72. The Morgan fingerprint density at radius 3 is 2.77 bits per heavy atom. The topological polar surface area (TPSA) is 81.3 Å². The maximum Gasteiger partial charge on any atom is 0.294 e. The molecule has 0 aliphatic carbocycles. The van der Waals surface area contributed by atoms with Gasteiger partial charge in [-0.15, -0.1) is 0 Å². The minimum absolute atomic E-state index is 0.180. The van der Waals surface area contributed by atoms with Crippen LogP contribution >= 0.6 is 0 Å². The molecule has 0 bridgehead atoms. The number of imidazole rings is 1. The van der Waals surface area contributed by atoms with Crippen LogP contribution in [0.4, 0.5) is 10.1 Å². The van der Waals surface area contributed by atoms with Gasteiger partial charge in [0.1, 0.15) is 11.5 Å². The smallest absolute Gasteiger partial charge is 0.294 e. The van der Waals surface area contributed by atoms with Crippen LogP contribution in [0, 0.1) is 15.9 Å². The van der Waals surface area contributed by atoms with Crippen molar-refractivity contribution in [2.45, 2.75) is 6.54 Å². The summed E-state index contributed by atoms with van der Waals surface area (Å²) < 4.78 is 14.8. The number of carbonyl (C=O) groups excluding carboxylic acids is 1. The molecule has 132 valence electrons. The molecule has 2 aromatic carbocycles. The highest BCUT2D eigenvalue weighted by Gasteiger charge is 2.20. The van der Waals surface area contributed by atoms with Crippen LogP contribution in [0.3, 0.4) is 0 Å². The minimum Gasteiger partial charge on any atom is -0.337 e. The summed E-state index contributed by atoms with van der Waals surface area (Å²) in [5.74, 6) is -0.779. The number of nitro benzene ring substituents is 1. The molecule has 0 radical (unpaired) electrons. The Labute approximate surface area is 148 Å².